The van der Waals surface area contributed by atoms with Gasteiger partial charge in [-0.25, -0.2) is 0 Å². The minimum Gasteiger partial charge on any atom is -0.492 e. The number of carbonyl (C=O) groups excluding carboxylic acids is 1. The summed E-state index contributed by atoms with van der Waals surface area (Å²) in [5.74, 6) is 0.597. The molecule has 2 N–H and O–H groups in total. The molecule has 0 heterocycles. The molecule has 26 heavy (non-hydrogen) atoms. The van der Waals surface area contributed by atoms with Crippen molar-refractivity contribution in [2.45, 2.75) is 25.9 Å². The Balaban J connectivity index is 1.72. The van der Waals surface area contributed by atoms with Crippen molar-refractivity contribution in [3.8, 4) is 5.75 Å². The van der Waals surface area contributed by atoms with Crippen LogP contribution < -0.4 is 15.0 Å². The summed E-state index contributed by atoms with van der Waals surface area (Å²) < 4.78 is 5.59. The van der Waals surface area contributed by atoms with Gasteiger partial charge in [-0.3, -0.25) is 4.79 Å². The van der Waals surface area contributed by atoms with E-state index >= 15 is 0 Å². The van der Waals surface area contributed by atoms with Gasteiger partial charge in [0.1, 0.15) is 12.3 Å². The van der Waals surface area contributed by atoms with Crippen molar-refractivity contribution in [1.82, 2.24) is 5.32 Å². The Morgan fingerprint density at radius 2 is 1.85 bits per heavy atom. The minimum atomic E-state index is 0.0165. The second-order valence-corrected chi connectivity index (χ2v) is 7.30. The van der Waals surface area contributed by atoms with Gasteiger partial charge in [0, 0.05) is 23.6 Å². The summed E-state index contributed by atoms with van der Waals surface area (Å²) in [6, 6.07) is 13.3. The van der Waals surface area contributed by atoms with Gasteiger partial charge in [0.05, 0.1) is 25.7 Å². The fourth-order valence-electron chi connectivity index (χ4n) is 2.57. The zero-order chi connectivity index (χ0) is 18.9. The molecule has 0 atom stereocenters. The molecule has 140 valence electrons. The smallest absolute Gasteiger partial charge is 0.220 e. The summed E-state index contributed by atoms with van der Waals surface area (Å²) in [7, 11) is 4.23. The normalized spacial score (nSPS) is 10.8. The van der Waals surface area contributed by atoms with Gasteiger partial charge in [-0.05, 0) is 30.2 Å². The van der Waals surface area contributed by atoms with E-state index in [0.29, 0.717) is 41.8 Å². The van der Waals surface area contributed by atoms with E-state index in [-0.39, 0.29) is 5.91 Å². The van der Waals surface area contributed by atoms with E-state index in [1.165, 1.54) is 10.5 Å². The van der Waals surface area contributed by atoms with Crippen LogP contribution in [0.4, 0.5) is 0 Å². The largest absolute Gasteiger partial charge is 0.492 e. The number of hydrogen-bond acceptors (Lipinski definition) is 2. The molecular weight excluding hydrogens is 371 g/mol. The molecule has 0 fully saturated rings. The molecule has 0 aromatic heterocycles. The lowest BCUT2D eigenvalue weighted by Gasteiger charge is -2.13. The van der Waals surface area contributed by atoms with Gasteiger partial charge in [0.15, 0.2) is 0 Å². The van der Waals surface area contributed by atoms with Gasteiger partial charge in [-0.15, -0.1) is 0 Å². The third-order valence-corrected chi connectivity index (χ3v) is 4.37. The highest BCUT2D eigenvalue weighted by atomic mass is 35.5. The number of benzene rings is 2. The van der Waals surface area contributed by atoms with Crippen molar-refractivity contribution in [1.29, 1.82) is 0 Å². The molecular formula is C20H25Cl2N2O2+. The molecule has 0 radical (unpaired) electrons. The number of nitrogens with one attached hydrogen (secondary N) is 2. The number of hydrogen-bond donors (Lipinski definition) is 2. The summed E-state index contributed by atoms with van der Waals surface area (Å²) >= 11 is 11.9. The van der Waals surface area contributed by atoms with Crippen LogP contribution in [0.3, 0.4) is 0 Å². The lowest BCUT2D eigenvalue weighted by Crippen LogP contribution is -3.04. The molecule has 0 saturated heterocycles. The molecule has 4 nitrogen and oxygen atoms in total. The summed E-state index contributed by atoms with van der Waals surface area (Å²) in [5, 5.41) is 4.02. The molecule has 0 bridgehead atoms. The summed E-state index contributed by atoms with van der Waals surface area (Å²) in [4.78, 5) is 13.4. The molecule has 0 unspecified atom stereocenters. The standard InChI is InChI=1S/C20H24Cl2N2O2/c1-24(2)14-16-7-4-3-6-15(16)13-23-20(25)8-5-11-26-19-10-9-17(21)12-18(19)22/h3-4,6-7,9-10,12H,5,8,11,13-14H2,1-2H3,(H,23,25)/p+1. The first-order valence-electron chi connectivity index (χ1n) is 8.66. The highest BCUT2D eigenvalue weighted by molar-refractivity contribution is 6.35. The number of halogens is 2. The molecule has 6 heteroatoms. The molecule has 1 amide bonds. The maximum atomic E-state index is 12.1. The van der Waals surface area contributed by atoms with Gasteiger partial charge >= 0.3 is 0 Å². The van der Waals surface area contributed by atoms with E-state index in [2.05, 4.69) is 31.5 Å². The third-order valence-electron chi connectivity index (χ3n) is 3.84. The quantitative estimate of drug-likeness (QED) is 0.640. The van der Waals surface area contributed by atoms with Crippen LogP contribution >= 0.6 is 23.2 Å². The van der Waals surface area contributed by atoms with Crippen molar-refractivity contribution in [2.24, 2.45) is 0 Å². The van der Waals surface area contributed by atoms with Crippen LogP contribution in [0.1, 0.15) is 24.0 Å². The second-order valence-electron chi connectivity index (χ2n) is 6.46. The van der Waals surface area contributed by atoms with Gasteiger partial charge in [0.2, 0.25) is 5.91 Å². The summed E-state index contributed by atoms with van der Waals surface area (Å²) in [6.07, 6.45) is 1.03. The Labute approximate surface area is 165 Å². The third kappa shape index (κ3) is 6.87. The highest BCUT2D eigenvalue weighted by Gasteiger charge is 2.08. The number of ether oxygens (including phenoxy) is 1. The van der Waals surface area contributed by atoms with Crippen LogP contribution in [0.25, 0.3) is 0 Å². The van der Waals surface area contributed by atoms with Crippen molar-refractivity contribution in [2.75, 3.05) is 20.7 Å². The fourth-order valence-corrected chi connectivity index (χ4v) is 3.04. The van der Waals surface area contributed by atoms with Crippen LogP contribution in [0.15, 0.2) is 42.5 Å². The van der Waals surface area contributed by atoms with Crippen LogP contribution in [-0.2, 0) is 17.9 Å². The average molecular weight is 396 g/mol. The van der Waals surface area contributed by atoms with Gasteiger partial charge in [0.25, 0.3) is 0 Å². The fraction of sp³-hybridized carbons (Fsp3) is 0.350. The molecule has 0 aliphatic carbocycles. The van der Waals surface area contributed by atoms with Gasteiger partial charge in [-0.2, -0.15) is 0 Å². The Morgan fingerprint density at radius 3 is 2.54 bits per heavy atom. The van der Waals surface area contributed by atoms with Crippen LogP contribution in [0, 0.1) is 0 Å². The van der Waals surface area contributed by atoms with Crippen molar-refractivity contribution in [3.63, 3.8) is 0 Å². The number of rotatable bonds is 9. The molecule has 2 aromatic carbocycles. The Hall–Kier alpha value is -1.75. The van der Waals surface area contributed by atoms with Crippen molar-refractivity contribution < 1.29 is 14.4 Å². The van der Waals surface area contributed by atoms with Gasteiger partial charge < -0.3 is 15.0 Å². The first kappa shape index (κ1) is 20.6. The van der Waals surface area contributed by atoms with E-state index in [4.69, 9.17) is 27.9 Å². The molecule has 0 aliphatic rings. The maximum absolute atomic E-state index is 12.1. The molecule has 0 spiro atoms. The van der Waals surface area contributed by atoms with E-state index in [0.717, 1.165) is 12.1 Å². The monoisotopic (exact) mass is 395 g/mol. The lowest BCUT2D eigenvalue weighted by atomic mass is 10.1. The van der Waals surface area contributed by atoms with E-state index in [9.17, 15) is 4.79 Å². The Kier molecular flexibility index (Phi) is 8.23. The van der Waals surface area contributed by atoms with Crippen LogP contribution in [-0.4, -0.2) is 26.6 Å². The zero-order valence-corrected chi connectivity index (χ0v) is 16.7. The van der Waals surface area contributed by atoms with E-state index < -0.39 is 0 Å². The first-order valence-corrected chi connectivity index (χ1v) is 9.41. The molecule has 2 aromatic rings. The predicted octanol–water partition coefficient (Wildman–Crippen LogP) is 3.11. The Morgan fingerprint density at radius 1 is 1.12 bits per heavy atom. The van der Waals surface area contributed by atoms with Crippen molar-refractivity contribution in [3.05, 3.63) is 63.6 Å². The molecule has 0 saturated carbocycles. The molecule has 2 rings (SSSR count). The number of quaternary nitrogens is 1. The minimum absolute atomic E-state index is 0.0165. The van der Waals surface area contributed by atoms with Crippen molar-refractivity contribution >= 4 is 29.1 Å². The van der Waals surface area contributed by atoms with Gasteiger partial charge in [-0.1, -0.05) is 47.5 Å². The predicted molar refractivity (Wildman–Crippen MR) is 106 cm³/mol. The average Bonchev–Trinajstić information content (AvgIpc) is 2.59. The van der Waals surface area contributed by atoms with Crippen LogP contribution in [0.2, 0.25) is 10.0 Å². The second kappa shape index (κ2) is 10.4. The SMILES string of the molecule is C[NH+](C)Cc1ccccc1CNC(=O)CCCOc1ccc(Cl)cc1Cl. The highest BCUT2D eigenvalue weighted by Crippen LogP contribution is 2.27. The van der Waals surface area contributed by atoms with Crippen LogP contribution in [0.5, 0.6) is 5.75 Å². The van der Waals surface area contributed by atoms with E-state index in [1.54, 1.807) is 18.2 Å². The number of carbonyl (C=O) groups is 1. The first-order chi connectivity index (χ1) is 12.5. The number of amides is 1. The Bertz CT molecular complexity index is 736. The summed E-state index contributed by atoms with van der Waals surface area (Å²) in [6.45, 7) is 1.91. The van der Waals surface area contributed by atoms with E-state index in [1.807, 2.05) is 12.1 Å². The molecule has 0 aliphatic heterocycles. The maximum Gasteiger partial charge on any atom is 0.220 e. The summed E-state index contributed by atoms with van der Waals surface area (Å²) in [5.41, 5.74) is 2.42. The lowest BCUT2D eigenvalue weighted by molar-refractivity contribution is -0.872. The topological polar surface area (TPSA) is 42.8 Å². The zero-order valence-electron chi connectivity index (χ0n) is 15.1.